The molecule has 5 heteroatoms. The van der Waals surface area contributed by atoms with E-state index in [4.69, 9.17) is 5.73 Å². The second-order valence-electron chi connectivity index (χ2n) is 4.75. The van der Waals surface area contributed by atoms with Gasteiger partial charge in [-0.2, -0.15) is 0 Å². The highest BCUT2D eigenvalue weighted by Gasteiger charge is 2.59. The molecule has 0 aromatic carbocycles. The first-order valence-corrected chi connectivity index (χ1v) is 5.50. The van der Waals surface area contributed by atoms with Gasteiger partial charge in [-0.25, -0.2) is 0 Å². The van der Waals surface area contributed by atoms with Gasteiger partial charge in [0.25, 0.3) is 0 Å². The van der Waals surface area contributed by atoms with Gasteiger partial charge in [0.05, 0.1) is 0 Å². The summed E-state index contributed by atoms with van der Waals surface area (Å²) in [5.74, 6) is 1.01. The lowest BCUT2D eigenvalue weighted by Gasteiger charge is -2.39. The first kappa shape index (κ1) is 9.15. The van der Waals surface area contributed by atoms with Gasteiger partial charge < -0.3 is 16.0 Å². The van der Waals surface area contributed by atoms with Gasteiger partial charge in [0, 0.05) is 12.5 Å². The molecule has 82 valence electrons. The van der Waals surface area contributed by atoms with Gasteiger partial charge in [-0.05, 0) is 31.3 Å². The number of likely N-dealkylation sites (tertiary alicyclic amines) is 1. The maximum atomic E-state index is 12.0. The van der Waals surface area contributed by atoms with E-state index in [2.05, 4.69) is 5.32 Å². The molecular weight excluding hydrogens is 194 g/mol. The Morgan fingerprint density at radius 1 is 1.27 bits per heavy atom. The maximum Gasteiger partial charge on any atom is 0.240 e. The molecule has 15 heavy (non-hydrogen) atoms. The molecule has 2 aliphatic heterocycles. The third-order valence-electron chi connectivity index (χ3n) is 4.01. The molecule has 3 unspecified atom stereocenters. The van der Waals surface area contributed by atoms with E-state index in [9.17, 15) is 9.59 Å². The summed E-state index contributed by atoms with van der Waals surface area (Å²) in [6.07, 6.45) is 0.737. The van der Waals surface area contributed by atoms with Gasteiger partial charge in [0.1, 0.15) is 6.04 Å². The van der Waals surface area contributed by atoms with Crippen molar-refractivity contribution in [2.24, 2.45) is 23.5 Å². The van der Waals surface area contributed by atoms with Gasteiger partial charge >= 0.3 is 0 Å². The molecule has 3 rings (SSSR count). The normalized spacial score (nSPS) is 42.0. The van der Waals surface area contributed by atoms with Crippen LogP contribution in [0.15, 0.2) is 0 Å². The Labute approximate surface area is 88.0 Å². The summed E-state index contributed by atoms with van der Waals surface area (Å²) in [5, 5.41) is 3.25. The largest absolute Gasteiger partial charge is 0.368 e. The molecule has 0 bridgehead atoms. The fourth-order valence-electron chi connectivity index (χ4n) is 2.92. The number of hydrogen-bond donors (Lipinski definition) is 2. The summed E-state index contributed by atoms with van der Waals surface area (Å²) in [7, 11) is 0. The van der Waals surface area contributed by atoms with E-state index in [1.54, 1.807) is 4.90 Å². The monoisotopic (exact) mass is 209 g/mol. The number of primary amides is 1. The average molecular weight is 209 g/mol. The first-order valence-electron chi connectivity index (χ1n) is 5.50. The highest BCUT2D eigenvalue weighted by atomic mass is 16.2. The molecule has 3 fully saturated rings. The number of amides is 2. The molecule has 3 N–H and O–H groups in total. The number of carbonyl (C=O) groups is 2. The van der Waals surface area contributed by atoms with Crippen LogP contribution in [0.5, 0.6) is 0 Å². The highest BCUT2D eigenvalue weighted by molar-refractivity contribution is 5.90. The van der Waals surface area contributed by atoms with E-state index in [-0.39, 0.29) is 23.8 Å². The summed E-state index contributed by atoms with van der Waals surface area (Å²) in [5.41, 5.74) is 5.22. The van der Waals surface area contributed by atoms with E-state index in [0.29, 0.717) is 18.4 Å². The first-order chi connectivity index (χ1) is 7.20. The Morgan fingerprint density at radius 3 is 2.40 bits per heavy atom. The van der Waals surface area contributed by atoms with Crippen molar-refractivity contribution < 1.29 is 9.59 Å². The molecule has 3 aliphatic rings. The van der Waals surface area contributed by atoms with Crippen molar-refractivity contribution in [3.05, 3.63) is 0 Å². The Morgan fingerprint density at radius 2 is 1.93 bits per heavy atom. The molecule has 1 aliphatic carbocycles. The Hall–Kier alpha value is -1.10. The molecule has 0 radical (unpaired) electrons. The number of rotatable bonds is 2. The maximum absolute atomic E-state index is 12.0. The van der Waals surface area contributed by atoms with Crippen molar-refractivity contribution >= 4 is 11.8 Å². The fourth-order valence-corrected chi connectivity index (χ4v) is 2.92. The number of carbonyl (C=O) groups excluding carboxylic acids is 2. The minimum atomic E-state index is -0.362. The van der Waals surface area contributed by atoms with E-state index in [1.165, 1.54) is 0 Å². The van der Waals surface area contributed by atoms with Crippen molar-refractivity contribution in [2.75, 3.05) is 19.6 Å². The minimum absolute atomic E-state index is 0.154. The number of hydrogen-bond acceptors (Lipinski definition) is 3. The summed E-state index contributed by atoms with van der Waals surface area (Å²) in [4.78, 5) is 24.7. The number of nitrogens with zero attached hydrogens (tertiary/aromatic N) is 1. The molecule has 5 nitrogen and oxygen atoms in total. The molecule has 3 atom stereocenters. The van der Waals surface area contributed by atoms with Crippen LogP contribution in [-0.2, 0) is 9.59 Å². The Bertz CT molecular complexity index is 321. The summed E-state index contributed by atoms with van der Waals surface area (Å²) in [6, 6.07) is -0.327. The Balaban J connectivity index is 1.64. The van der Waals surface area contributed by atoms with E-state index in [1.807, 2.05) is 0 Å². The molecule has 2 heterocycles. The van der Waals surface area contributed by atoms with Gasteiger partial charge in [-0.3, -0.25) is 9.59 Å². The van der Waals surface area contributed by atoms with Crippen molar-refractivity contribution in [3.63, 3.8) is 0 Å². The van der Waals surface area contributed by atoms with Crippen LogP contribution in [0.1, 0.15) is 6.42 Å². The SMILES string of the molecule is NC(=O)C1CCN1C(=O)C1C2CNCC21. The number of fused-ring (bicyclic) bond motifs is 1. The van der Waals surface area contributed by atoms with Crippen molar-refractivity contribution in [3.8, 4) is 0 Å². The summed E-state index contributed by atoms with van der Waals surface area (Å²) in [6.45, 7) is 2.61. The van der Waals surface area contributed by atoms with Gasteiger partial charge in [-0.1, -0.05) is 0 Å². The zero-order valence-corrected chi connectivity index (χ0v) is 8.48. The molecule has 0 aromatic rings. The second-order valence-corrected chi connectivity index (χ2v) is 4.75. The predicted molar refractivity (Wildman–Crippen MR) is 52.7 cm³/mol. The zero-order valence-electron chi connectivity index (χ0n) is 8.48. The van der Waals surface area contributed by atoms with Crippen LogP contribution in [0.3, 0.4) is 0 Å². The Kier molecular flexibility index (Phi) is 1.80. The lowest BCUT2D eigenvalue weighted by atomic mass is 10.0. The summed E-state index contributed by atoms with van der Waals surface area (Å²) >= 11 is 0. The smallest absolute Gasteiger partial charge is 0.240 e. The van der Waals surface area contributed by atoms with Crippen molar-refractivity contribution in [1.82, 2.24) is 10.2 Å². The minimum Gasteiger partial charge on any atom is -0.368 e. The van der Waals surface area contributed by atoms with Crippen LogP contribution >= 0.6 is 0 Å². The standard InChI is InChI=1S/C10H15N3O2/c11-9(14)7-1-2-13(7)10(15)8-5-3-12-4-6(5)8/h5-8,12H,1-4H2,(H2,11,14). The van der Waals surface area contributed by atoms with E-state index in [0.717, 1.165) is 19.5 Å². The van der Waals surface area contributed by atoms with Crippen LogP contribution < -0.4 is 11.1 Å². The number of nitrogens with one attached hydrogen (secondary N) is 1. The zero-order chi connectivity index (χ0) is 10.6. The van der Waals surface area contributed by atoms with E-state index >= 15 is 0 Å². The number of piperidine rings is 1. The number of nitrogens with two attached hydrogens (primary N) is 1. The van der Waals surface area contributed by atoms with Gasteiger partial charge in [0.15, 0.2) is 0 Å². The summed E-state index contributed by atoms with van der Waals surface area (Å²) < 4.78 is 0. The lowest BCUT2D eigenvalue weighted by Crippen LogP contribution is -2.58. The second kappa shape index (κ2) is 2.95. The van der Waals surface area contributed by atoms with E-state index < -0.39 is 0 Å². The van der Waals surface area contributed by atoms with Crippen molar-refractivity contribution in [1.29, 1.82) is 0 Å². The van der Waals surface area contributed by atoms with Crippen molar-refractivity contribution in [2.45, 2.75) is 12.5 Å². The molecule has 0 aromatic heterocycles. The van der Waals surface area contributed by atoms with Crippen LogP contribution in [-0.4, -0.2) is 42.4 Å². The topological polar surface area (TPSA) is 75.4 Å². The molecule has 2 saturated heterocycles. The van der Waals surface area contributed by atoms with Gasteiger partial charge in [-0.15, -0.1) is 0 Å². The van der Waals surface area contributed by atoms with Crippen LogP contribution in [0.25, 0.3) is 0 Å². The van der Waals surface area contributed by atoms with Crippen LogP contribution in [0, 0.1) is 17.8 Å². The molecule has 2 amide bonds. The predicted octanol–water partition coefficient (Wildman–Crippen LogP) is -1.46. The molecular formula is C10H15N3O2. The third-order valence-corrected chi connectivity index (χ3v) is 4.01. The van der Waals surface area contributed by atoms with Crippen LogP contribution in [0.2, 0.25) is 0 Å². The molecule has 1 saturated carbocycles. The average Bonchev–Trinajstić information content (AvgIpc) is 2.58. The highest BCUT2D eigenvalue weighted by Crippen LogP contribution is 2.50. The molecule has 0 spiro atoms. The third kappa shape index (κ3) is 1.19. The van der Waals surface area contributed by atoms with Gasteiger partial charge in [0.2, 0.25) is 11.8 Å². The quantitative estimate of drug-likeness (QED) is 0.583. The lowest BCUT2D eigenvalue weighted by molar-refractivity contribution is -0.147. The van der Waals surface area contributed by atoms with Crippen LogP contribution in [0.4, 0.5) is 0 Å². The fraction of sp³-hybridized carbons (Fsp3) is 0.800.